The molecule has 0 radical (unpaired) electrons. The second-order valence-corrected chi connectivity index (χ2v) is 6.62. The Hall–Kier alpha value is -1.35. The van der Waals surface area contributed by atoms with E-state index in [1.807, 2.05) is 0 Å². The maximum absolute atomic E-state index is 9.09. The Labute approximate surface area is 121 Å². The molecule has 2 aliphatic rings. The van der Waals surface area contributed by atoms with E-state index >= 15 is 0 Å². The van der Waals surface area contributed by atoms with Crippen LogP contribution < -0.4 is 0 Å². The molecule has 2 bridgehead atoms. The van der Waals surface area contributed by atoms with Crippen molar-refractivity contribution in [2.75, 3.05) is 0 Å². The molecule has 1 aromatic rings. The number of hydrogen-bond donors (Lipinski definition) is 1. The second-order valence-electron chi connectivity index (χ2n) is 6.62. The topological polar surface area (TPSA) is 35.8 Å². The van der Waals surface area contributed by atoms with Crippen molar-refractivity contribution in [2.24, 2.45) is 11.1 Å². The van der Waals surface area contributed by atoms with Crippen LogP contribution in [0.15, 0.2) is 29.4 Å². The largest absolute Gasteiger partial charge is 0.411 e. The summed E-state index contributed by atoms with van der Waals surface area (Å²) in [6.45, 7) is 5.51. The molecule has 0 spiro atoms. The van der Waals surface area contributed by atoms with Crippen LogP contribution in [0.3, 0.4) is 0 Å². The lowest BCUT2D eigenvalue weighted by Gasteiger charge is -2.48. The van der Waals surface area contributed by atoms with Crippen LogP contribution in [-0.2, 0) is 6.54 Å². The van der Waals surface area contributed by atoms with Crippen LogP contribution in [0.2, 0.25) is 0 Å². The number of oxime groups is 1. The van der Waals surface area contributed by atoms with Gasteiger partial charge in [-0.2, -0.15) is 0 Å². The minimum atomic E-state index is 0.546. The summed E-state index contributed by atoms with van der Waals surface area (Å²) in [4.78, 5) is 2.64. The van der Waals surface area contributed by atoms with Gasteiger partial charge in [-0.05, 0) is 31.2 Å². The zero-order chi connectivity index (χ0) is 14.1. The normalized spacial score (nSPS) is 30.3. The summed E-state index contributed by atoms with van der Waals surface area (Å²) < 4.78 is 0. The molecule has 2 saturated heterocycles. The fourth-order valence-electron chi connectivity index (χ4n) is 3.87. The maximum atomic E-state index is 9.09. The van der Waals surface area contributed by atoms with Crippen molar-refractivity contribution in [3.8, 4) is 0 Å². The Balaban J connectivity index is 1.77. The molecule has 1 N–H and O–H groups in total. The Morgan fingerprint density at radius 3 is 2.30 bits per heavy atom. The zero-order valence-corrected chi connectivity index (χ0v) is 12.4. The van der Waals surface area contributed by atoms with Crippen molar-refractivity contribution in [1.29, 1.82) is 0 Å². The molecule has 1 aromatic carbocycles. The van der Waals surface area contributed by atoms with Crippen LogP contribution in [0, 0.1) is 12.8 Å². The predicted molar refractivity (Wildman–Crippen MR) is 81.2 cm³/mol. The highest BCUT2D eigenvalue weighted by atomic mass is 16.4. The third kappa shape index (κ3) is 2.73. The summed E-state index contributed by atoms with van der Waals surface area (Å²) >= 11 is 0. The maximum Gasteiger partial charge on any atom is 0.0601 e. The van der Waals surface area contributed by atoms with Crippen LogP contribution >= 0.6 is 0 Å². The van der Waals surface area contributed by atoms with E-state index in [4.69, 9.17) is 5.21 Å². The quantitative estimate of drug-likeness (QED) is 0.659. The molecule has 0 saturated carbocycles. The van der Waals surface area contributed by atoms with Gasteiger partial charge in [0.2, 0.25) is 0 Å². The summed E-state index contributed by atoms with van der Waals surface area (Å²) in [5.41, 5.74) is 3.70. The number of nitrogens with zero attached hydrogens (tertiary/aromatic N) is 2. The Morgan fingerprint density at radius 2 is 1.75 bits per heavy atom. The van der Waals surface area contributed by atoms with Crippen LogP contribution in [0.5, 0.6) is 0 Å². The van der Waals surface area contributed by atoms with Gasteiger partial charge in [-0.1, -0.05) is 41.9 Å². The average molecular weight is 272 g/mol. The van der Waals surface area contributed by atoms with E-state index in [9.17, 15) is 0 Å². The Kier molecular flexibility index (Phi) is 3.79. The summed E-state index contributed by atoms with van der Waals surface area (Å²) in [5, 5.41) is 12.6. The van der Waals surface area contributed by atoms with Gasteiger partial charge in [-0.15, -0.1) is 0 Å². The van der Waals surface area contributed by atoms with Gasteiger partial charge >= 0.3 is 0 Å². The van der Waals surface area contributed by atoms with Gasteiger partial charge < -0.3 is 5.21 Å². The highest BCUT2D eigenvalue weighted by molar-refractivity contribution is 5.86. The first-order chi connectivity index (χ1) is 9.65. The predicted octanol–water partition coefficient (Wildman–Crippen LogP) is 3.59. The molecule has 2 heterocycles. The van der Waals surface area contributed by atoms with Crippen molar-refractivity contribution in [3.05, 3.63) is 35.4 Å². The number of rotatable bonds is 2. The van der Waals surface area contributed by atoms with Crippen molar-refractivity contribution in [1.82, 2.24) is 4.90 Å². The molecule has 3 heteroatoms. The van der Waals surface area contributed by atoms with Crippen LogP contribution in [0.1, 0.15) is 43.7 Å². The summed E-state index contributed by atoms with van der Waals surface area (Å²) in [6, 6.07) is 9.96. The number of fused-ring (bicyclic) bond motifs is 2. The lowest BCUT2D eigenvalue weighted by atomic mass is 9.78. The molecule has 2 unspecified atom stereocenters. The fourth-order valence-corrected chi connectivity index (χ4v) is 3.87. The molecular weight excluding hydrogens is 248 g/mol. The summed E-state index contributed by atoms with van der Waals surface area (Å²) in [5.74, 6) is 0.791. The summed E-state index contributed by atoms with van der Waals surface area (Å²) in [6.07, 6.45) is 4.31. The molecule has 2 aliphatic heterocycles. The van der Waals surface area contributed by atoms with Crippen molar-refractivity contribution in [2.45, 2.75) is 58.2 Å². The van der Waals surface area contributed by atoms with Gasteiger partial charge in [0.25, 0.3) is 0 Å². The van der Waals surface area contributed by atoms with Gasteiger partial charge in [0.1, 0.15) is 0 Å². The third-order valence-corrected chi connectivity index (χ3v) is 4.86. The average Bonchev–Trinajstić information content (AvgIpc) is 2.42. The molecule has 3 nitrogen and oxygen atoms in total. The molecule has 3 rings (SSSR count). The van der Waals surface area contributed by atoms with Gasteiger partial charge in [0.05, 0.1) is 5.71 Å². The number of aryl methyl sites for hydroxylation is 1. The van der Waals surface area contributed by atoms with Gasteiger partial charge in [0, 0.05) is 31.5 Å². The van der Waals surface area contributed by atoms with E-state index < -0.39 is 0 Å². The second kappa shape index (κ2) is 5.57. The van der Waals surface area contributed by atoms with E-state index in [2.05, 4.69) is 48.2 Å². The first-order valence-electron chi connectivity index (χ1n) is 7.67. The fraction of sp³-hybridized carbons (Fsp3) is 0.588. The Bertz CT molecular complexity index is 476. The third-order valence-electron chi connectivity index (χ3n) is 4.86. The smallest absolute Gasteiger partial charge is 0.0601 e. The number of hydrogen-bond acceptors (Lipinski definition) is 3. The molecule has 2 atom stereocenters. The number of benzene rings is 1. The Morgan fingerprint density at radius 1 is 1.15 bits per heavy atom. The van der Waals surface area contributed by atoms with Crippen LogP contribution in [-0.4, -0.2) is 27.9 Å². The van der Waals surface area contributed by atoms with Gasteiger partial charge in [0.15, 0.2) is 0 Å². The van der Waals surface area contributed by atoms with E-state index in [1.165, 1.54) is 24.0 Å². The molecule has 0 amide bonds. The standard InChI is InChI=1S/C17H24N2O/c1-12-3-5-14(6-4-12)11-19-16-7-13(2)8-17(19)10-15(9-16)18-20/h3-6,13,16-17,20H,7-11H2,1-2H3. The lowest BCUT2D eigenvalue weighted by molar-refractivity contribution is 0.0420. The highest BCUT2D eigenvalue weighted by Crippen LogP contribution is 2.36. The first-order valence-corrected chi connectivity index (χ1v) is 7.67. The lowest BCUT2D eigenvalue weighted by Crippen LogP contribution is -2.53. The zero-order valence-electron chi connectivity index (χ0n) is 12.4. The SMILES string of the molecule is Cc1ccc(CN2C3CC(=NO)CC2CC(C)C3)cc1. The van der Waals surface area contributed by atoms with E-state index in [1.54, 1.807) is 0 Å². The van der Waals surface area contributed by atoms with Gasteiger partial charge in [-0.25, -0.2) is 0 Å². The molecule has 0 aliphatic carbocycles. The minimum absolute atomic E-state index is 0.546. The first kappa shape index (κ1) is 13.6. The van der Waals surface area contributed by atoms with Gasteiger partial charge in [-0.3, -0.25) is 4.90 Å². The van der Waals surface area contributed by atoms with E-state index in [0.717, 1.165) is 31.0 Å². The minimum Gasteiger partial charge on any atom is -0.411 e. The van der Waals surface area contributed by atoms with Crippen molar-refractivity contribution >= 4 is 5.71 Å². The molecule has 2 fully saturated rings. The van der Waals surface area contributed by atoms with Crippen molar-refractivity contribution in [3.63, 3.8) is 0 Å². The van der Waals surface area contributed by atoms with Crippen LogP contribution in [0.4, 0.5) is 0 Å². The molecular formula is C17H24N2O. The summed E-state index contributed by atoms with van der Waals surface area (Å²) in [7, 11) is 0. The molecule has 20 heavy (non-hydrogen) atoms. The van der Waals surface area contributed by atoms with Crippen molar-refractivity contribution < 1.29 is 5.21 Å². The highest BCUT2D eigenvalue weighted by Gasteiger charge is 2.39. The van der Waals surface area contributed by atoms with E-state index in [0.29, 0.717) is 12.1 Å². The van der Waals surface area contributed by atoms with E-state index in [-0.39, 0.29) is 0 Å². The van der Waals surface area contributed by atoms with Crippen LogP contribution in [0.25, 0.3) is 0 Å². The molecule has 108 valence electrons. The monoisotopic (exact) mass is 272 g/mol. The molecule has 0 aromatic heterocycles. The number of piperidine rings is 2.